The highest BCUT2D eigenvalue weighted by atomic mass is 35.5. The van der Waals surface area contributed by atoms with E-state index in [2.05, 4.69) is 35.9 Å². The van der Waals surface area contributed by atoms with Crippen LogP contribution in [0.3, 0.4) is 0 Å². The van der Waals surface area contributed by atoms with Crippen molar-refractivity contribution in [2.75, 3.05) is 89.7 Å². The first-order chi connectivity index (χ1) is 37.1. The van der Waals surface area contributed by atoms with Crippen LogP contribution < -0.4 is 41.0 Å². The molecule has 2 aromatic heterocycles. The summed E-state index contributed by atoms with van der Waals surface area (Å²) >= 11 is 5.76. The van der Waals surface area contributed by atoms with Gasteiger partial charge in [-0.3, -0.25) is 4.79 Å². The zero-order valence-corrected chi connectivity index (χ0v) is 47.9. The van der Waals surface area contributed by atoms with Crippen LogP contribution in [0.2, 0.25) is 0 Å². The summed E-state index contributed by atoms with van der Waals surface area (Å²) in [7, 11) is 0. The molecule has 4 aromatic rings. The van der Waals surface area contributed by atoms with Gasteiger partial charge in [-0.1, -0.05) is 39.1 Å². The number of ether oxygens (including phenoxy) is 4. The monoisotopic (exact) mass is 1130 g/mol. The van der Waals surface area contributed by atoms with Crippen LogP contribution in [0.15, 0.2) is 60.9 Å². The Kier molecular flexibility index (Phi) is 27.0. The van der Waals surface area contributed by atoms with Crippen molar-refractivity contribution in [3.05, 3.63) is 72.1 Å². The zero-order valence-electron chi connectivity index (χ0n) is 47.2. The maximum Gasteiger partial charge on any atom is 0.415 e. The predicted molar refractivity (Wildman–Crippen MR) is 318 cm³/mol. The molecule has 3 amide bonds. The van der Waals surface area contributed by atoms with Gasteiger partial charge in [0.25, 0.3) is 0 Å². The molecule has 0 unspecified atom stereocenters. The van der Waals surface area contributed by atoms with Crippen molar-refractivity contribution in [2.24, 2.45) is 0 Å². The minimum absolute atomic E-state index is 0. The summed E-state index contributed by atoms with van der Waals surface area (Å²) in [6.07, 6.45) is 7.68. The Balaban J connectivity index is 0.000000414. The first-order valence-electron chi connectivity index (χ1n) is 27.1. The van der Waals surface area contributed by atoms with Gasteiger partial charge in [0, 0.05) is 77.5 Å². The van der Waals surface area contributed by atoms with Crippen LogP contribution in [0.1, 0.15) is 134 Å². The Morgan fingerprint density at radius 2 is 1.01 bits per heavy atom. The quantitative estimate of drug-likeness (QED) is 0.0422. The molecule has 0 bridgehead atoms. The normalized spacial score (nSPS) is 13.7. The second kappa shape index (κ2) is 32.2. The number of hydrogen-bond acceptors (Lipinski definition) is 18. The first kappa shape index (κ1) is 67.1. The molecule has 2 aliphatic rings. The van der Waals surface area contributed by atoms with E-state index < -0.39 is 35.2 Å². The first-order valence-corrected chi connectivity index (χ1v) is 27.6. The summed E-state index contributed by atoms with van der Waals surface area (Å²) in [4.78, 5) is 89.1. The summed E-state index contributed by atoms with van der Waals surface area (Å²) in [5, 5.41) is 9.24. The van der Waals surface area contributed by atoms with E-state index in [0.717, 1.165) is 63.0 Å². The second-order valence-corrected chi connectivity index (χ2v) is 21.3. The van der Waals surface area contributed by atoms with Gasteiger partial charge in [0.1, 0.15) is 40.5 Å². The van der Waals surface area contributed by atoms with Gasteiger partial charge >= 0.3 is 24.1 Å². The van der Waals surface area contributed by atoms with Gasteiger partial charge in [0.2, 0.25) is 17.8 Å². The van der Waals surface area contributed by atoms with Gasteiger partial charge in [-0.05, 0) is 137 Å². The molecule has 2 aromatic carbocycles. The zero-order chi connectivity index (χ0) is 57.0. The molecule has 22 heteroatoms. The Bertz CT molecular complexity index is 2580. The number of amides is 3. The van der Waals surface area contributed by atoms with Crippen LogP contribution in [0, 0.1) is 0 Å². The topological polar surface area (TPSA) is 249 Å². The number of carbonyl (C=O) groups is 5. The number of hydrogen-bond donors (Lipinski definition) is 4. The highest BCUT2D eigenvalue weighted by molar-refractivity contribution is 6.18. The van der Waals surface area contributed by atoms with E-state index in [1.165, 1.54) is 6.20 Å². The minimum atomic E-state index is -0.847. The van der Waals surface area contributed by atoms with Crippen molar-refractivity contribution in [1.82, 2.24) is 29.7 Å². The molecule has 0 saturated carbocycles. The smallest absolute Gasteiger partial charge is 0.415 e. The highest BCUT2D eigenvalue weighted by Gasteiger charge is 2.30. The van der Waals surface area contributed by atoms with Gasteiger partial charge < -0.3 is 60.2 Å². The molecule has 2 aliphatic heterocycles. The summed E-state index contributed by atoms with van der Waals surface area (Å²) in [6, 6.07) is 12.6. The van der Waals surface area contributed by atoms with Crippen molar-refractivity contribution >= 4 is 76.5 Å². The average molecular weight is 1130 g/mol. The van der Waals surface area contributed by atoms with Crippen molar-refractivity contribution in [3.8, 4) is 11.5 Å². The number of nitrogen functional groups attached to an aromatic ring is 1. The number of anilines is 6. The highest BCUT2D eigenvalue weighted by Crippen LogP contribution is 2.27. The lowest BCUT2D eigenvalue weighted by atomic mass is 10.0. The average Bonchev–Trinajstić information content (AvgIpc) is 4.15. The summed E-state index contributed by atoms with van der Waals surface area (Å²) in [6.45, 7) is 24.6. The van der Waals surface area contributed by atoms with Crippen molar-refractivity contribution in [2.45, 2.75) is 159 Å². The van der Waals surface area contributed by atoms with Gasteiger partial charge in [-0.2, -0.15) is 9.97 Å². The summed E-state index contributed by atoms with van der Waals surface area (Å²) < 4.78 is 22.4. The van der Waals surface area contributed by atoms with Crippen LogP contribution >= 0.6 is 11.6 Å². The van der Waals surface area contributed by atoms with Crippen molar-refractivity contribution in [3.63, 3.8) is 0 Å². The van der Waals surface area contributed by atoms with E-state index in [4.69, 9.17) is 36.3 Å². The number of carbonyl (C=O) groups excluding carboxylic acids is 5. The molecule has 2 saturated heterocycles. The van der Waals surface area contributed by atoms with Crippen LogP contribution in [0.4, 0.5) is 44.5 Å². The lowest BCUT2D eigenvalue weighted by Crippen LogP contribution is -2.38. The molecule has 0 spiro atoms. The number of alkyl halides is 1. The van der Waals surface area contributed by atoms with E-state index in [1.807, 2.05) is 82.5 Å². The fourth-order valence-electron chi connectivity index (χ4n) is 8.28. The van der Waals surface area contributed by atoms with E-state index in [9.17, 15) is 24.0 Å². The van der Waals surface area contributed by atoms with Crippen LogP contribution in [0.5, 0.6) is 11.5 Å². The Morgan fingerprint density at radius 3 is 1.40 bits per heavy atom. The van der Waals surface area contributed by atoms with E-state index in [0.29, 0.717) is 91.3 Å². The maximum atomic E-state index is 13.4. The fraction of sp³-hybridized carbons (Fsp3) is 0.569. The number of nitrogens with zero attached hydrogens (tertiary/aromatic N) is 8. The van der Waals surface area contributed by atoms with E-state index in [1.54, 1.807) is 61.0 Å². The largest absolute Gasteiger partial charge is 0.458 e. The number of nitrogens with two attached hydrogens (primary N) is 1. The molecule has 5 N–H and O–H groups in total. The molecule has 0 radical (unpaired) electrons. The second-order valence-electron chi connectivity index (χ2n) is 20.9. The third kappa shape index (κ3) is 21.5. The molecule has 2 atom stereocenters. The molecular formula is C58H89ClN12O9. The number of esters is 2. The Labute approximate surface area is 479 Å². The molecule has 4 heterocycles. The SMILES string of the molecule is C.C.CCN(CC)c1ncc(N)c(N[C@@H](Cc2ccc(OC(=O)N3CCCC3)cc2)C(=O)OC(C)(C)C)n1.CCN(CC)c1ncc(NC(=O)CCCCl)c(N[C@@H](Cc2ccc(OC(=O)N3CCCC3)cc2)C(=O)OC(C)(C)C)n1. The molecule has 2 fully saturated rings. The number of aromatic nitrogens is 4. The fourth-order valence-corrected chi connectivity index (χ4v) is 8.41. The van der Waals surface area contributed by atoms with Gasteiger partial charge in [-0.15, -0.1) is 11.6 Å². The lowest BCUT2D eigenvalue weighted by Gasteiger charge is -2.26. The molecule has 442 valence electrons. The van der Waals surface area contributed by atoms with Crippen LogP contribution in [0.25, 0.3) is 0 Å². The number of nitrogens with one attached hydrogen (secondary N) is 3. The predicted octanol–water partition coefficient (Wildman–Crippen LogP) is 10.4. The molecule has 0 aliphatic carbocycles. The van der Waals surface area contributed by atoms with E-state index in [-0.39, 0.29) is 45.8 Å². The summed E-state index contributed by atoms with van der Waals surface area (Å²) in [5.41, 5.74) is 7.12. The van der Waals surface area contributed by atoms with Crippen molar-refractivity contribution in [1.29, 1.82) is 0 Å². The Hall–Kier alpha value is -7.16. The van der Waals surface area contributed by atoms with Crippen molar-refractivity contribution < 1.29 is 42.9 Å². The van der Waals surface area contributed by atoms with Crippen LogP contribution in [-0.4, -0.2) is 141 Å². The van der Waals surface area contributed by atoms with Gasteiger partial charge in [0.15, 0.2) is 11.6 Å². The number of rotatable bonds is 22. The number of halogens is 1. The number of likely N-dealkylation sites (tertiary alicyclic amines) is 2. The maximum absolute atomic E-state index is 13.4. The van der Waals surface area contributed by atoms with Crippen LogP contribution in [-0.2, 0) is 36.7 Å². The van der Waals surface area contributed by atoms with Gasteiger partial charge in [0.05, 0.1) is 18.1 Å². The third-order valence-electron chi connectivity index (χ3n) is 12.4. The van der Waals surface area contributed by atoms with E-state index >= 15 is 0 Å². The number of benzene rings is 2. The summed E-state index contributed by atoms with van der Waals surface area (Å²) in [5.74, 6) is 1.80. The lowest BCUT2D eigenvalue weighted by molar-refractivity contribution is -0.156. The molecule has 80 heavy (non-hydrogen) atoms. The molecule has 6 rings (SSSR count). The molecule has 21 nitrogen and oxygen atoms in total. The Morgan fingerprint density at radius 1 is 0.625 bits per heavy atom. The molecular weight excluding hydrogens is 1040 g/mol. The van der Waals surface area contributed by atoms with Gasteiger partial charge in [-0.25, -0.2) is 29.1 Å². The minimum Gasteiger partial charge on any atom is -0.458 e. The standard InChI is InChI=1S/C30H43ClN6O5.C26H38N6O4.2CH4/c1-6-36(7-2)28-32-20-24(33-25(38)11-10-16-31)26(35-28)34-23(27(39)42-30(3,4)5)19-21-12-14-22(15-13-21)41-29(40)37-17-8-9-18-37;1-6-31(7-2)24-28-17-20(27)22(30-24)29-21(23(33)36-26(3,4)5)16-18-10-12-19(13-11-18)35-25(34)32-14-8-9-15-32;;/h12-15,20,23H,6-11,16-19H2,1-5H3,(H,33,38)(H,32,34,35);10-13,17,21H,6-9,14-16,27H2,1-5H3,(H,28,29,30);2*1H4/t23-;21-;;/m00../s1. The third-order valence-corrected chi connectivity index (χ3v) is 12.6.